The molecular weight excluding hydrogens is 268 g/mol. The molecule has 4 nitrogen and oxygen atoms in total. The van der Waals surface area contributed by atoms with E-state index in [1.54, 1.807) is 38.1 Å². The van der Waals surface area contributed by atoms with Gasteiger partial charge in [-0.2, -0.15) is 0 Å². The first-order chi connectivity index (χ1) is 9.83. The average molecular weight is 286 g/mol. The minimum Gasteiger partial charge on any atom is -0.426 e. The first-order valence-electron chi connectivity index (χ1n) is 6.71. The number of allylic oxidation sites excluding steroid dienone is 1. The predicted molar refractivity (Wildman–Crippen MR) is 81.5 cm³/mol. The second-order valence-electron chi connectivity index (χ2n) is 5.67. The molecule has 1 heterocycles. The van der Waals surface area contributed by atoms with Crippen molar-refractivity contribution in [2.45, 2.75) is 27.2 Å². The number of carbonyl (C=O) groups is 1. The molecule has 2 aromatic rings. The highest BCUT2D eigenvalue weighted by Gasteiger charge is 2.28. The summed E-state index contributed by atoms with van der Waals surface area (Å²) in [6.45, 7) is 9.06. The molecule has 0 aliphatic heterocycles. The van der Waals surface area contributed by atoms with Gasteiger partial charge in [0.2, 0.25) is 0 Å². The summed E-state index contributed by atoms with van der Waals surface area (Å²) in [5.74, 6) is 0.00939. The number of hydrogen-bond acceptors (Lipinski definition) is 4. The minimum atomic E-state index is -0.649. The van der Waals surface area contributed by atoms with Crippen LogP contribution in [-0.2, 0) is 4.79 Å². The zero-order valence-electron chi connectivity index (χ0n) is 12.4. The Hall–Kier alpha value is -2.36. The van der Waals surface area contributed by atoms with E-state index in [-0.39, 0.29) is 5.97 Å². The van der Waals surface area contributed by atoms with Gasteiger partial charge in [0, 0.05) is 17.5 Å². The summed E-state index contributed by atoms with van der Waals surface area (Å²) >= 11 is 0. The Balaban J connectivity index is 2.34. The van der Waals surface area contributed by atoms with Crippen LogP contribution in [0.25, 0.3) is 11.0 Å². The van der Waals surface area contributed by atoms with Crippen LogP contribution < -0.4 is 10.4 Å². The van der Waals surface area contributed by atoms with Gasteiger partial charge in [-0.15, -0.1) is 6.58 Å². The van der Waals surface area contributed by atoms with Crippen molar-refractivity contribution in [3.8, 4) is 5.75 Å². The van der Waals surface area contributed by atoms with Crippen molar-refractivity contribution >= 4 is 16.9 Å². The molecule has 0 radical (unpaired) electrons. The standard InChI is InChI=1S/C17H18O4/c1-5-8-17(3,4)16(19)20-12-6-7-13-11(2)9-15(18)21-14(13)10-12/h5-7,9-10H,1,8H2,2-4H3. The smallest absolute Gasteiger partial charge is 0.336 e. The van der Waals surface area contributed by atoms with Crippen molar-refractivity contribution in [3.05, 3.63) is 52.9 Å². The molecule has 0 aliphatic rings. The van der Waals surface area contributed by atoms with Crippen LogP contribution in [0.4, 0.5) is 0 Å². The van der Waals surface area contributed by atoms with Gasteiger partial charge in [-0.3, -0.25) is 4.79 Å². The van der Waals surface area contributed by atoms with Gasteiger partial charge in [-0.1, -0.05) is 6.08 Å². The number of carbonyl (C=O) groups excluding carboxylic acids is 1. The Kier molecular flexibility index (Phi) is 3.98. The summed E-state index contributed by atoms with van der Waals surface area (Å²) in [7, 11) is 0. The van der Waals surface area contributed by atoms with Gasteiger partial charge in [0.25, 0.3) is 0 Å². The Morgan fingerprint density at radius 1 is 1.38 bits per heavy atom. The summed E-state index contributed by atoms with van der Waals surface area (Å²) in [6, 6.07) is 6.46. The van der Waals surface area contributed by atoms with Crippen LogP contribution in [-0.4, -0.2) is 5.97 Å². The molecule has 0 aliphatic carbocycles. The molecule has 0 saturated carbocycles. The third-order valence-electron chi connectivity index (χ3n) is 3.34. The van der Waals surface area contributed by atoms with Crippen molar-refractivity contribution in [1.29, 1.82) is 0 Å². The zero-order chi connectivity index (χ0) is 15.6. The van der Waals surface area contributed by atoms with Gasteiger partial charge in [-0.05, 0) is 44.9 Å². The topological polar surface area (TPSA) is 56.5 Å². The van der Waals surface area contributed by atoms with Gasteiger partial charge in [0.1, 0.15) is 11.3 Å². The highest BCUT2D eigenvalue weighted by Crippen LogP contribution is 2.27. The molecule has 1 aromatic heterocycles. The number of hydrogen-bond donors (Lipinski definition) is 0. The summed E-state index contributed by atoms with van der Waals surface area (Å²) < 4.78 is 10.5. The summed E-state index contributed by atoms with van der Waals surface area (Å²) in [6.07, 6.45) is 2.21. The number of benzene rings is 1. The maximum atomic E-state index is 12.1. The van der Waals surface area contributed by atoms with Gasteiger partial charge >= 0.3 is 11.6 Å². The fraction of sp³-hybridized carbons (Fsp3) is 0.294. The maximum Gasteiger partial charge on any atom is 0.336 e. The molecular formula is C17H18O4. The molecule has 0 atom stereocenters. The lowest BCUT2D eigenvalue weighted by atomic mass is 9.90. The van der Waals surface area contributed by atoms with Crippen LogP contribution in [0.3, 0.4) is 0 Å². The Bertz CT molecular complexity index is 753. The molecule has 0 unspecified atom stereocenters. The molecule has 110 valence electrons. The first kappa shape index (κ1) is 15.0. The Morgan fingerprint density at radius 2 is 2.10 bits per heavy atom. The zero-order valence-corrected chi connectivity index (χ0v) is 12.4. The van der Waals surface area contributed by atoms with E-state index in [9.17, 15) is 9.59 Å². The van der Waals surface area contributed by atoms with Crippen molar-refractivity contribution in [2.24, 2.45) is 5.41 Å². The summed E-state index contributed by atoms with van der Waals surface area (Å²) in [5, 5.41) is 0.819. The van der Waals surface area contributed by atoms with Crippen molar-refractivity contribution in [1.82, 2.24) is 0 Å². The van der Waals surface area contributed by atoms with Crippen LogP contribution in [0.2, 0.25) is 0 Å². The Labute approximate surface area is 123 Å². The predicted octanol–water partition coefficient (Wildman–Crippen LogP) is 3.61. The molecule has 2 rings (SSSR count). The molecule has 0 fully saturated rings. The summed E-state index contributed by atoms with van der Waals surface area (Å²) in [5.41, 5.74) is 0.165. The van der Waals surface area contributed by atoms with E-state index < -0.39 is 11.0 Å². The molecule has 0 bridgehead atoms. The fourth-order valence-corrected chi connectivity index (χ4v) is 2.06. The molecule has 0 spiro atoms. The largest absolute Gasteiger partial charge is 0.426 e. The molecule has 4 heteroatoms. The third-order valence-corrected chi connectivity index (χ3v) is 3.34. The average Bonchev–Trinajstić information content (AvgIpc) is 2.37. The number of esters is 1. The van der Waals surface area contributed by atoms with Crippen LogP contribution >= 0.6 is 0 Å². The van der Waals surface area contributed by atoms with Crippen LogP contribution in [0.15, 0.2) is 46.1 Å². The number of aryl methyl sites for hydroxylation is 1. The minimum absolute atomic E-state index is 0.350. The van der Waals surface area contributed by atoms with Gasteiger partial charge < -0.3 is 9.15 Å². The lowest BCUT2D eigenvalue weighted by molar-refractivity contribution is -0.143. The van der Waals surface area contributed by atoms with Crippen molar-refractivity contribution in [2.75, 3.05) is 0 Å². The van der Waals surface area contributed by atoms with Crippen molar-refractivity contribution in [3.63, 3.8) is 0 Å². The van der Waals surface area contributed by atoms with Crippen LogP contribution in [0.1, 0.15) is 25.8 Å². The number of rotatable bonds is 4. The molecule has 0 saturated heterocycles. The molecule has 21 heavy (non-hydrogen) atoms. The van der Waals surface area contributed by atoms with E-state index >= 15 is 0 Å². The van der Waals surface area contributed by atoms with Gasteiger partial charge in [0.05, 0.1) is 5.41 Å². The molecule has 0 N–H and O–H groups in total. The van der Waals surface area contributed by atoms with Gasteiger partial charge in [-0.25, -0.2) is 4.79 Å². The van der Waals surface area contributed by atoms with E-state index in [4.69, 9.17) is 9.15 Å². The van der Waals surface area contributed by atoms with Crippen LogP contribution in [0.5, 0.6) is 5.75 Å². The van der Waals surface area contributed by atoms with E-state index in [1.807, 2.05) is 6.92 Å². The fourth-order valence-electron chi connectivity index (χ4n) is 2.06. The number of fused-ring (bicyclic) bond motifs is 1. The quantitative estimate of drug-likeness (QED) is 0.373. The highest BCUT2D eigenvalue weighted by molar-refractivity contribution is 5.83. The number of ether oxygens (including phenoxy) is 1. The van der Waals surface area contributed by atoms with Crippen LogP contribution in [0, 0.1) is 12.3 Å². The maximum absolute atomic E-state index is 12.1. The van der Waals surface area contributed by atoms with Crippen molar-refractivity contribution < 1.29 is 13.9 Å². The van der Waals surface area contributed by atoms with E-state index in [0.29, 0.717) is 17.8 Å². The summed E-state index contributed by atoms with van der Waals surface area (Å²) in [4.78, 5) is 23.5. The SMILES string of the molecule is C=CCC(C)(C)C(=O)Oc1ccc2c(C)cc(=O)oc2c1. The van der Waals surface area contributed by atoms with E-state index in [0.717, 1.165) is 10.9 Å². The van der Waals surface area contributed by atoms with E-state index in [1.165, 1.54) is 6.07 Å². The second kappa shape index (κ2) is 5.56. The lowest BCUT2D eigenvalue weighted by Crippen LogP contribution is -2.28. The molecule has 0 amide bonds. The van der Waals surface area contributed by atoms with Gasteiger partial charge in [0.15, 0.2) is 0 Å². The first-order valence-corrected chi connectivity index (χ1v) is 6.71. The lowest BCUT2D eigenvalue weighted by Gasteiger charge is -2.20. The van der Waals surface area contributed by atoms with E-state index in [2.05, 4.69) is 6.58 Å². The molecule has 1 aromatic carbocycles. The second-order valence-corrected chi connectivity index (χ2v) is 5.67. The third kappa shape index (κ3) is 3.21. The Morgan fingerprint density at radius 3 is 2.76 bits per heavy atom. The monoisotopic (exact) mass is 286 g/mol. The highest BCUT2D eigenvalue weighted by atomic mass is 16.5. The normalized spacial score (nSPS) is 11.4.